The van der Waals surface area contributed by atoms with E-state index in [1.165, 1.54) is 11.3 Å². The van der Waals surface area contributed by atoms with Crippen molar-refractivity contribution < 1.29 is 13.9 Å². The van der Waals surface area contributed by atoms with Crippen LogP contribution in [0.25, 0.3) is 0 Å². The van der Waals surface area contributed by atoms with Crippen molar-refractivity contribution in [3.8, 4) is 0 Å². The van der Waals surface area contributed by atoms with E-state index in [4.69, 9.17) is 9.15 Å². The number of thiazole rings is 1. The highest BCUT2D eigenvalue weighted by Crippen LogP contribution is 2.26. The van der Waals surface area contributed by atoms with E-state index in [0.29, 0.717) is 18.8 Å². The van der Waals surface area contributed by atoms with Gasteiger partial charge in [-0.15, -0.1) is 11.3 Å². The van der Waals surface area contributed by atoms with E-state index in [1.54, 1.807) is 13.2 Å². The van der Waals surface area contributed by atoms with Gasteiger partial charge < -0.3 is 14.1 Å². The molecule has 0 aliphatic rings. The molecule has 2 heterocycles. The first-order valence-electron chi connectivity index (χ1n) is 6.00. The molecule has 5 nitrogen and oxygen atoms in total. The molecule has 2 aromatic rings. The minimum atomic E-state index is -0.367. The Morgan fingerprint density at radius 2 is 2.37 bits per heavy atom. The lowest BCUT2D eigenvalue weighted by Gasteiger charge is -2.13. The molecule has 0 radical (unpaired) electrons. The maximum atomic E-state index is 11.7. The SMILES string of the molecule is CCOC(=O)c1nc(N(C)Cc2ccco2)sc1C. The van der Waals surface area contributed by atoms with Crippen molar-refractivity contribution in [2.24, 2.45) is 0 Å². The topological polar surface area (TPSA) is 55.6 Å². The van der Waals surface area contributed by atoms with Gasteiger partial charge >= 0.3 is 5.97 Å². The molecule has 0 fully saturated rings. The van der Waals surface area contributed by atoms with Gasteiger partial charge in [0.15, 0.2) is 10.8 Å². The number of nitrogens with zero attached hydrogens (tertiary/aromatic N) is 2. The van der Waals surface area contributed by atoms with Gasteiger partial charge in [-0.05, 0) is 26.0 Å². The van der Waals surface area contributed by atoms with Crippen LogP contribution in [0.15, 0.2) is 22.8 Å². The van der Waals surface area contributed by atoms with Crippen LogP contribution in [0.4, 0.5) is 5.13 Å². The van der Waals surface area contributed by atoms with Crippen LogP contribution in [-0.2, 0) is 11.3 Å². The molecule has 0 aliphatic carbocycles. The molecular formula is C13H16N2O3S. The van der Waals surface area contributed by atoms with Gasteiger partial charge in [0.25, 0.3) is 0 Å². The van der Waals surface area contributed by atoms with Crippen LogP contribution in [0.1, 0.15) is 28.0 Å². The Bertz CT molecular complexity index is 548. The van der Waals surface area contributed by atoms with Crippen molar-refractivity contribution in [2.45, 2.75) is 20.4 Å². The Morgan fingerprint density at radius 1 is 1.58 bits per heavy atom. The van der Waals surface area contributed by atoms with Crippen LogP contribution in [0.2, 0.25) is 0 Å². The molecule has 0 saturated heterocycles. The van der Waals surface area contributed by atoms with Crippen LogP contribution in [0.5, 0.6) is 0 Å². The highest BCUT2D eigenvalue weighted by molar-refractivity contribution is 7.15. The molecule has 0 spiro atoms. The van der Waals surface area contributed by atoms with Gasteiger partial charge in [0.05, 0.1) is 19.4 Å². The zero-order valence-corrected chi connectivity index (χ0v) is 12.0. The molecule has 0 aliphatic heterocycles. The van der Waals surface area contributed by atoms with Crippen molar-refractivity contribution in [2.75, 3.05) is 18.6 Å². The monoisotopic (exact) mass is 280 g/mol. The van der Waals surface area contributed by atoms with Gasteiger partial charge in [0.2, 0.25) is 0 Å². The van der Waals surface area contributed by atoms with E-state index in [1.807, 2.05) is 31.0 Å². The molecule has 0 saturated carbocycles. The summed E-state index contributed by atoms with van der Waals surface area (Å²) in [6.45, 7) is 4.62. The summed E-state index contributed by atoms with van der Waals surface area (Å²) in [6.07, 6.45) is 1.64. The lowest BCUT2D eigenvalue weighted by Crippen LogP contribution is -2.16. The highest BCUT2D eigenvalue weighted by atomic mass is 32.1. The minimum Gasteiger partial charge on any atom is -0.467 e. The fourth-order valence-corrected chi connectivity index (χ4v) is 2.50. The Labute approximate surface area is 115 Å². The van der Waals surface area contributed by atoms with Crippen LogP contribution in [0, 0.1) is 6.92 Å². The number of furan rings is 1. The van der Waals surface area contributed by atoms with Crippen LogP contribution < -0.4 is 4.90 Å². The predicted octanol–water partition coefficient (Wildman–Crippen LogP) is 2.86. The Hall–Kier alpha value is -1.82. The number of carbonyl (C=O) groups is 1. The van der Waals surface area contributed by atoms with Crippen molar-refractivity contribution in [1.82, 2.24) is 4.98 Å². The average Bonchev–Trinajstić information content (AvgIpc) is 2.98. The molecule has 0 N–H and O–H groups in total. The summed E-state index contributed by atoms with van der Waals surface area (Å²) < 4.78 is 10.3. The van der Waals surface area contributed by atoms with E-state index in [0.717, 1.165) is 15.8 Å². The molecule has 0 amide bonds. The first-order valence-corrected chi connectivity index (χ1v) is 6.81. The lowest BCUT2D eigenvalue weighted by atomic mass is 10.4. The standard InChI is InChI=1S/C13H16N2O3S/c1-4-17-12(16)11-9(2)19-13(14-11)15(3)8-10-6-5-7-18-10/h5-7H,4,8H2,1-3H3. The predicted molar refractivity (Wildman–Crippen MR) is 73.6 cm³/mol. The third-order valence-corrected chi connectivity index (χ3v) is 3.64. The minimum absolute atomic E-state index is 0.355. The maximum absolute atomic E-state index is 11.7. The molecule has 0 atom stereocenters. The number of hydrogen-bond donors (Lipinski definition) is 0. The molecule has 0 unspecified atom stereocenters. The molecule has 102 valence electrons. The lowest BCUT2D eigenvalue weighted by molar-refractivity contribution is 0.0519. The third-order valence-electron chi connectivity index (χ3n) is 2.55. The van der Waals surface area contributed by atoms with Gasteiger partial charge in [0, 0.05) is 11.9 Å². The molecular weight excluding hydrogens is 264 g/mol. The Kier molecular flexibility index (Phi) is 4.21. The maximum Gasteiger partial charge on any atom is 0.358 e. The second kappa shape index (κ2) is 5.88. The zero-order valence-electron chi connectivity index (χ0n) is 11.2. The van der Waals surface area contributed by atoms with E-state index in [2.05, 4.69) is 4.98 Å². The van der Waals surface area contributed by atoms with E-state index in [9.17, 15) is 4.79 Å². The van der Waals surface area contributed by atoms with Crippen molar-refractivity contribution in [3.05, 3.63) is 34.7 Å². The van der Waals surface area contributed by atoms with Crippen LogP contribution in [-0.4, -0.2) is 24.6 Å². The first kappa shape index (κ1) is 13.6. The Morgan fingerprint density at radius 3 is 3.00 bits per heavy atom. The fraction of sp³-hybridized carbons (Fsp3) is 0.385. The second-order valence-corrected chi connectivity index (χ2v) is 5.24. The molecule has 2 aromatic heterocycles. The summed E-state index contributed by atoms with van der Waals surface area (Å²) in [6, 6.07) is 3.75. The molecule has 0 bridgehead atoms. The quantitative estimate of drug-likeness (QED) is 0.788. The van der Waals surface area contributed by atoms with Gasteiger partial charge in [-0.1, -0.05) is 0 Å². The number of carbonyl (C=O) groups excluding carboxylic acids is 1. The fourth-order valence-electron chi connectivity index (χ4n) is 1.64. The number of ether oxygens (including phenoxy) is 1. The van der Waals surface area contributed by atoms with E-state index in [-0.39, 0.29) is 5.97 Å². The van der Waals surface area contributed by atoms with E-state index < -0.39 is 0 Å². The summed E-state index contributed by atoms with van der Waals surface area (Å²) in [4.78, 5) is 18.8. The number of aryl methyl sites for hydroxylation is 1. The van der Waals surface area contributed by atoms with Gasteiger partial charge in [-0.25, -0.2) is 9.78 Å². The van der Waals surface area contributed by atoms with Crippen molar-refractivity contribution in [3.63, 3.8) is 0 Å². The normalized spacial score (nSPS) is 10.5. The number of aromatic nitrogens is 1. The summed E-state index contributed by atoms with van der Waals surface area (Å²) in [7, 11) is 1.91. The molecule has 2 rings (SSSR count). The van der Waals surface area contributed by atoms with Crippen LogP contribution >= 0.6 is 11.3 Å². The largest absolute Gasteiger partial charge is 0.467 e. The Balaban J connectivity index is 2.12. The van der Waals surface area contributed by atoms with Crippen LogP contribution in [0.3, 0.4) is 0 Å². The van der Waals surface area contributed by atoms with E-state index >= 15 is 0 Å². The number of esters is 1. The first-order chi connectivity index (χ1) is 9.11. The highest BCUT2D eigenvalue weighted by Gasteiger charge is 2.18. The third kappa shape index (κ3) is 3.14. The summed E-state index contributed by atoms with van der Waals surface area (Å²) in [5, 5.41) is 0.775. The molecule has 19 heavy (non-hydrogen) atoms. The van der Waals surface area contributed by atoms with Crippen molar-refractivity contribution >= 4 is 22.4 Å². The average molecular weight is 280 g/mol. The smallest absolute Gasteiger partial charge is 0.358 e. The molecule has 6 heteroatoms. The zero-order chi connectivity index (χ0) is 13.8. The van der Waals surface area contributed by atoms with Gasteiger partial charge in [0.1, 0.15) is 5.76 Å². The van der Waals surface area contributed by atoms with Gasteiger partial charge in [-0.2, -0.15) is 0 Å². The van der Waals surface area contributed by atoms with Crippen molar-refractivity contribution in [1.29, 1.82) is 0 Å². The number of hydrogen-bond acceptors (Lipinski definition) is 6. The summed E-state index contributed by atoms with van der Waals surface area (Å²) in [5.74, 6) is 0.488. The van der Waals surface area contributed by atoms with Gasteiger partial charge in [-0.3, -0.25) is 0 Å². The number of anilines is 1. The second-order valence-electron chi connectivity index (χ2n) is 4.06. The number of rotatable bonds is 5. The summed E-state index contributed by atoms with van der Waals surface area (Å²) >= 11 is 1.47. The molecule has 0 aromatic carbocycles. The summed E-state index contributed by atoms with van der Waals surface area (Å²) in [5.41, 5.74) is 0.396.